The first-order chi connectivity index (χ1) is 12.8. The third kappa shape index (κ3) is 4.73. The predicted molar refractivity (Wildman–Crippen MR) is 105 cm³/mol. The van der Waals surface area contributed by atoms with Gasteiger partial charge in [-0.3, -0.25) is 4.79 Å². The molecule has 27 heavy (non-hydrogen) atoms. The quantitative estimate of drug-likeness (QED) is 0.788. The Morgan fingerprint density at radius 2 is 1.96 bits per heavy atom. The summed E-state index contributed by atoms with van der Waals surface area (Å²) >= 11 is 1.42. The van der Waals surface area contributed by atoms with Gasteiger partial charge in [-0.1, -0.05) is 30.3 Å². The number of nitrogens with one attached hydrogen (secondary N) is 1. The standard InChI is InChI=1S/C18H23N3O4S2/c1-25-18(8-10-21(11-9-18)27(2,23)24)13-19-16(22)15-12-26-17(20-15)14-6-4-3-5-7-14/h3-7,12H,8-11,13H2,1-2H3,(H,19,22). The molecule has 9 heteroatoms. The maximum absolute atomic E-state index is 12.5. The van der Waals surface area contributed by atoms with E-state index in [0.29, 0.717) is 38.2 Å². The van der Waals surface area contributed by atoms with Crippen LogP contribution >= 0.6 is 11.3 Å². The maximum Gasteiger partial charge on any atom is 0.270 e. The van der Waals surface area contributed by atoms with Crippen molar-refractivity contribution in [3.8, 4) is 10.6 Å². The lowest BCUT2D eigenvalue weighted by Crippen LogP contribution is -2.53. The van der Waals surface area contributed by atoms with E-state index in [1.54, 1.807) is 12.5 Å². The molecule has 1 saturated heterocycles. The maximum atomic E-state index is 12.5. The minimum Gasteiger partial charge on any atom is -0.376 e. The third-order valence-corrected chi connectivity index (χ3v) is 7.06. The lowest BCUT2D eigenvalue weighted by Gasteiger charge is -2.39. The van der Waals surface area contributed by atoms with Crippen molar-refractivity contribution in [2.24, 2.45) is 0 Å². The molecule has 0 atom stereocenters. The Labute approximate surface area is 163 Å². The van der Waals surface area contributed by atoms with E-state index >= 15 is 0 Å². The predicted octanol–water partition coefficient (Wildman–Crippen LogP) is 1.98. The van der Waals surface area contributed by atoms with Gasteiger partial charge < -0.3 is 10.1 Å². The minimum atomic E-state index is -3.20. The number of carbonyl (C=O) groups excluding carboxylic acids is 1. The van der Waals surface area contributed by atoms with Crippen LogP contribution in [0.4, 0.5) is 0 Å². The van der Waals surface area contributed by atoms with E-state index in [2.05, 4.69) is 10.3 Å². The Kier molecular flexibility index (Phi) is 5.95. The number of methoxy groups -OCH3 is 1. The number of sulfonamides is 1. The van der Waals surface area contributed by atoms with Crippen molar-refractivity contribution in [3.63, 3.8) is 0 Å². The summed E-state index contributed by atoms with van der Waals surface area (Å²) in [5.74, 6) is -0.254. The summed E-state index contributed by atoms with van der Waals surface area (Å²) in [5, 5.41) is 5.43. The van der Waals surface area contributed by atoms with Crippen LogP contribution in [0.15, 0.2) is 35.7 Å². The Morgan fingerprint density at radius 3 is 2.56 bits per heavy atom. The van der Waals surface area contributed by atoms with Crippen LogP contribution in [0.3, 0.4) is 0 Å². The number of benzene rings is 1. The molecule has 7 nitrogen and oxygen atoms in total. The summed E-state index contributed by atoms with van der Waals surface area (Å²) in [7, 11) is -1.60. The van der Waals surface area contributed by atoms with Gasteiger partial charge in [-0.05, 0) is 12.8 Å². The summed E-state index contributed by atoms with van der Waals surface area (Å²) in [6.45, 7) is 1.09. The highest BCUT2D eigenvalue weighted by molar-refractivity contribution is 7.88. The Morgan fingerprint density at radius 1 is 1.30 bits per heavy atom. The molecule has 1 aromatic heterocycles. The van der Waals surface area contributed by atoms with Crippen molar-refractivity contribution in [2.45, 2.75) is 18.4 Å². The average Bonchev–Trinajstić information content (AvgIpc) is 3.17. The number of hydrogen-bond donors (Lipinski definition) is 1. The van der Waals surface area contributed by atoms with E-state index in [9.17, 15) is 13.2 Å². The van der Waals surface area contributed by atoms with Crippen LogP contribution in [0.5, 0.6) is 0 Å². The zero-order valence-electron chi connectivity index (χ0n) is 15.3. The summed E-state index contributed by atoms with van der Waals surface area (Å²) in [6, 6.07) is 9.71. The van der Waals surface area contributed by atoms with Gasteiger partial charge in [-0.15, -0.1) is 11.3 Å². The van der Waals surface area contributed by atoms with Crippen LogP contribution in [0.1, 0.15) is 23.3 Å². The van der Waals surface area contributed by atoms with Crippen LogP contribution in [-0.2, 0) is 14.8 Å². The van der Waals surface area contributed by atoms with Gasteiger partial charge in [0.2, 0.25) is 10.0 Å². The lowest BCUT2D eigenvalue weighted by atomic mass is 9.92. The number of ether oxygens (including phenoxy) is 1. The zero-order chi connectivity index (χ0) is 19.5. The number of amides is 1. The molecule has 2 aromatic rings. The Bertz CT molecular complexity index is 888. The van der Waals surface area contributed by atoms with Crippen LogP contribution in [0.2, 0.25) is 0 Å². The van der Waals surface area contributed by atoms with Crippen molar-refractivity contribution >= 4 is 27.3 Å². The second-order valence-electron chi connectivity index (χ2n) is 6.64. The first kappa shape index (κ1) is 19.9. The fourth-order valence-corrected chi connectivity index (χ4v) is 4.75. The molecule has 1 aliphatic rings. The summed E-state index contributed by atoms with van der Waals surface area (Å²) in [6.07, 6.45) is 2.27. The number of carbonyl (C=O) groups is 1. The second kappa shape index (κ2) is 8.05. The Hall–Kier alpha value is -1.81. The average molecular weight is 410 g/mol. The molecule has 0 spiro atoms. The highest BCUT2D eigenvalue weighted by atomic mass is 32.2. The van der Waals surface area contributed by atoms with Crippen molar-refractivity contribution in [2.75, 3.05) is 33.0 Å². The van der Waals surface area contributed by atoms with Gasteiger partial charge in [0.25, 0.3) is 5.91 Å². The van der Waals surface area contributed by atoms with E-state index in [1.807, 2.05) is 30.3 Å². The van der Waals surface area contributed by atoms with Gasteiger partial charge >= 0.3 is 0 Å². The van der Waals surface area contributed by atoms with E-state index < -0.39 is 15.6 Å². The topological polar surface area (TPSA) is 88.6 Å². The molecule has 1 amide bonds. The van der Waals surface area contributed by atoms with Gasteiger partial charge in [0, 0.05) is 37.7 Å². The monoisotopic (exact) mass is 409 g/mol. The van der Waals surface area contributed by atoms with E-state index in [1.165, 1.54) is 21.9 Å². The normalized spacial score (nSPS) is 17.6. The summed E-state index contributed by atoms with van der Waals surface area (Å²) < 4.78 is 30.4. The molecule has 146 valence electrons. The molecule has 0 saturated carbocycles. The number of thiazole rings is 1. The van der Waals surface area contributed by atoms with Gasteiger partial charge in [-0.2, -0.15) is 0 Å². The Balaban J connectivity index is 1.61. The molecular formula is C18H23N3O4S2. The molecule has 1 aromatic carbocycles. The largest absolute Gasteiger partial charge is 0.376 e. The van der Waals surface area contributed by atoms with Gasteiger partial charge in [-0.25, -0.2) is 17.7 Å². The number of hydrogen-bond acceptors (Lipinski definition) is 6. The zero-order valence-corrected chi connectivity index (χ0v) is 17.0. The molecule has 0 aliphatic carbocycles. The molecule has 0 bridgehead atoms. The van der Waals surface area contributed by atoms with Gasteiger partial charge in [0.1, 0.15) is 10.7 Å². The minimum absolute atomic E-state index is 0.254. The van der Waals surface area contributed by atoms with Gasteiger partial charge in [0.05, 0.1) is 11.9 Å². The van der Waals surface area contributed by atoms with E-state index in [4.69, 9.17) is 4.74 Å². The van der Waals surface area contributed by atoms with Gasteiger partial charge in [0.15, 0.2) is 0 Å². The van der Waals surface area contributed by atoms with E-state index in [-0.39, 0.29) is 5.91 Å². The molecule has 1 aliphatic heterocycles. The molecule has 1 fully saturated rings. The van der Waals surface area contributed by atoms with Crippen LogP contribution in [0, 0.1) is 0 Å². The van der Waals surface area contributed by atoms with Crippen LogP contribution in [-0.4, -0.2) is 62.2 Å². The third-order valence-electron chi connectivity index (χ3n) is 4.86. The first-order valence-corrected chi connectivity index (χ1v) is 11.4. The first-order valence-electron chi connectivity index (χ1n) is 8.62. The van der Waals surface area contributed by atoms with Crippen LogP contribution < -0.4 is 5.32 Å². The molecule has 3 rings (SSSR count). The van der Waals surface area contributed by atoms with Crippen molar-refractivity contribution in [1.29, 1.82) is 0 Å². The highest BCUT2D eigenvalue weighted by Crippen LogP contribution is 2.27. The number of piperidine rings is 1. The second-order valence-corrected chi connectivity index (χ2v) is 9.48. The smallest absolute Gasteiger partial charge is 0.270 e. The summed E-state index contributed by atoms with van der Waals surface area (Å²) in [4.78, 5) is 16.9. The highest BCUT2D eigenvalue weighted by Gasteiger charge is 2.37. The van der Waals surface area contributed by atoms with Crippen molar-refractivity contribution < 1.29 is 17.9 Å². The van der Waals surface area contributed by atoms with Crippen molar-refractivity contribution in [1.82, 2.24) is 14.6 Å². The molecule has 0 radical (unpaired) electrons. The fraction of sp³-hybridized carbons (Fsp3) is 0.444. The fourth-order valence-electron chi connectivity index (χ4n) is 3.10. The molecule has 2 heterocycles. The molecular weight excluding hydrogens is 386 g/mol. The number of nitrogens with zero attached hydrogens (tertiary/aromatic N) is 2. The summed E-state index contributed by atoms with van der Waals surface area (Å²) in [5.41, 5.74) is 0.788. The van der Waals surface area contributed by atoms with E-state index in [0.717, 1.165) is 10.6 Å². The number of aromatic nitrogens is 1. The SMILES string of the molecule is COC1(CNC(=O)c2csc(-c3ccccc3)n2)CCN(S(C)(=O)=O)CC1. The number of rotatable bonds is 6. The lowest BCUT2D eigenvalue weighted by molar-refractivity contribution is -0.0424. The molecule has 1 N–H and O–H groups in total. The van der Waals surface area contributed by atoms with Crippen molar-refractivity contribution in [3.05, 3.63) is 41.4 Å². The van der Waals surface area contributed by atoms with Crippen LogP contribution in [0.25, 0.3) is 10.6 Å². The molecule has 0 unspecified atom stereocenters.